The van der Waals surface area contributed by atoms with Crippen LogP contribution in [0.2, 0.25) is 0 Å². The van der Waals surface area contributed by atoms with Crippen LogP contribution in [0.5, 0.6) is 0 Å². The van der Waals surface area contributed by atoms with E-state index in [0.717, 1.165) is 10.4 Å². The lowest BCUT2D eigenvalue weighted by atomic mass is 9.97. The molecular formula is C13H22BrN3. The molecule has 0 radical (unpaired) electrons. The second-order valence-electron chi connectivity index (χ2n) is 5.07. The van der Waals surface area contributed by atoms with Crippen LogP contribution in [0.4, 0.5) is 0 Å². The molecule has 1 atom stereocenters. The number of nitrogens with zero attached hydrogens (tertiary/aromatic N) is 2. The number of nitrogens with one attached hydrogen (secondary N) is 1. The van der Waals surface area contributed by atoms with Gasteiger partial charge in [0.2, 0.25) is 0 Å². The molecule has 1 aromatic heterocycles. The van der Waals surface area contributed by atoms with E-state index < -0.39 is 0 Å². The van der Waals surface area contributed by atoms with Crippen LogP contribution < -0.4 is 5.32 Å². The van der Waals surface area contributed by atoms with Gasteiger partial charge in [0.05, 0.1) is 22.4 Å². The van der Waals surface area contributed by atoms with Gasteiger partial charge in [-0.05, 0) is 41.7 Å². The number of halogens is 1. The van der Waals surface area contributed by atoms with Crippen molar-refractivity contribution in [3.63, 3.8) is 0 Å². The molecule has 1 aromatic rings. The van der Waals surface area contributed by atoms with Gasteiger partial charge in [-0.2, -0.15) is 5.10 Å². The van der Waals surface area contributed by atoms with E-state index in [1.807, 2.05) is 25.0 Å². The van der Waals surface area contributed by atoms with E-state index in [2.05, 4.69) is 26.3 Å². The van der Waals surface area contributed by atoms with Crippen molar-refractivity contribution in [3.8, 4) is 0 Å². The predicted molar refractivity (Wildman–Crippen MR) is 73.9 cm³/mol. The van der Waals surface area contributed by atoms with E-state index in [0.29, 0.717) is 6.04 Å². The minimum absolute atomic E-state index is 0.414. The van der Waals surface area contributed by atoms with Crippen molar-refractivity contribution in [2.45, 2.75) is 44.6 Å². The van der Waals surface area contributed by atoms with Crippen LogP contribution >= 0.6 is 15.9 Å². The van der Waals surface area contributed by atoms with Crippen LogP contribution in [0.1, 0.15) is 50.3 Å². The standard InChI is InChI=1S/C13H22BrN3/c1-15-12(8-7-10-5-3-4-6-10)13-11(14)9-16-17(13)2/h9-10,12,15H,3-8H2,1-2H3. The largest absolute Gasteiger partial charge is 0.312 e. The topological polar surface area (TPSA) is 29.9 Å². The van der Waals surface area contributed by atoms with Crippen molar-refractivity contribution in [1.82, 2.24) is 15.1 Å². The summed E-state index contributed by atoms with van der Waals surface area (Å²) in [7, 11) is 4.05. The second kappa shape index (κ2) is 6.01. The normalized spacial score (nSPS) is 18.8. The van der Waals surface area contributed by atoms with E-state index in [-0.39, 0.29) is 0 Å². The molecule has 1 heterocycles. The highest BCUT2D eigenvalue weighted by Crippen LogP contribution is 2.32. The van der Waals surface area contributed by atoms with Crippen LogP contribution in [0, 0.1) is 5.92 Å². The van der Waals surface area contributed by atoms with Gasteiger partial charge in [-0.1, -0.05) is 25.7 Å². The molecule has 0 amide bonds. The first-order valence-corrected chi connectivity index (χ1v) is 7.36. The summed E-state index contributed by atoms with van der Waals surface area (Å²) < 4.78 is 3.09. The predicted octanol–water partition coefficient (Wildman–Crippen LogP) is 3.41. The number of aryl methyl sites for hydroxylation is 1. The Morgan fingerprint density at radius 1 is 1.53 bits per heavy atom. The van der Waals surface area contributed by atoms with E-state index in [1.54, 1.807) is 0 Å². The lowest BCUT2D eigenvalue weighted by Gasteiger charge is -2.19. The second-order valence-corrected chi connectivity index (χ2v) is 5.92. The molecule has 1 unspecified atom stereocenters. The minimum atomic E-state index is 0.414. The van der Waals surface area contributed by atoms with Gasteiger partial charge >= 0.3 is 0 Å². The van der Waals surface area contributed by atoms with E-state index in [4.69, 9.17) is 0 Å². The average molecular weight is 300 g/mol. The third-order valence-corrected chi connectivity index (χ3v) is 4.57. The molecule has 0 bridgehead atoms. The fourth-order valence-corrected chi connectivity index (χ4v) is 3.56. The average Bonchev–Trinajstić information content (AvgIpc) is 2.93. The highest BCUT2D eigenvalue weighted by atomic mass is 79.9. The number of aromatic nitrogens is 2. The first-order valence-electron chi connectivity index (χ1n) is 6.57. The van der Waals surface area contributed by atoms with Gasteiger partial charge in [0.25, 0.3) is 0 Å². The van der Waals surface area contributed by atoms with Crippen LogP contribution in [0.3, 0.4) is 0 Å². The van der Waals surface area contributed by atoms with Crippen LogP contribution in [-0.2, 0) is 7.05 Å². The molecule has 1 saturated carbocycles. The van der Waals surface area contributed by atoms with Crippen LogP contribution in [0.25, 0.3) is 0 Å². The molecule has 0 saturated heterocycles. The van der Waals surface area contributed by atoms with Crippen LogP contribution in [0.15, 0.2) is 10.7 Å². The zero-order chi connectivity index (χ0) is 12.3. The smallest absolute Gasteiger partial charge is 0.0692 e. The zero-order valence-electron chi connectivity index (χ0n) is 10.7. The lowest BCUT2D eigenvalue weighted by Crippen LogP contribution is -2.20. The Labute approximate surface area is 112 Å². The SMILES string of the molecule is CNC(CCC1CCCC1)c1c(Br)cnn1C. The van der Waals surface area contributed by atoms with E-state index in [9.17, 15) is 0 Å². The zero-order valence-corrected chi connectivity index (χ0v) is 12.3. The number of rotatable bonds is 5. The molecule has 3 nitrogen and oxygen atoms in total. The van der Waals surface area contributed by atoms with Gasteiger partial charge in [-0.25, -0.2) is 0 Å². The molecule has 1 fully saturated rings. The third-order valence-electron chi connectivity index (χ3n) is 3.95. The highest BCUT2D eigenvalue weighted by molar-refractivity contribution is 9.10. The Morgan fingerprint density at radius 2 is 2.24 bits per heavy atom. The molecule has 1 N–H and O–H groups in total. The first kappa shape index (κ1) is 13.1. The van der Waals surface area contributed by atoms with Crippen molar-refractivity contribution in [1.29, 1.82) is 0 Å². The molecular weight excluding hydrogens is 278 g/mol. The Bertz CT molecular complexity index is 336. The Balaban J connectivity index is 1.96. The Hall–Kier alpha value is -0.350. The highest BCUT2D eigenvalue weighted by Gasteiger charge is 2.20. The van der Waals surface area contributed by atoms with Crippen molar-refractivity contribution in [2.75, 3.05) is 7.05 Å². The van der Waals surface area contributed by atoms with Crippen molar-refractivity contribution >= 4 is 15.9 Å². The quantitative estimate of drug-likeness (QED) is 0.903. The molecule has 2 rings (SSSR count). The Morgan fingerprint density at radius 3 is 2.76 bits per heavy atom. The molecule has 0 spiro atoms. The van der Waals surface area contributed by atoms with Crippen molar-refractivity contribution < 1.29 is 0 Å². The molecule has 1 aliphatic rings. The van der Waals surface area contributed by atoms with Gasteiger partial charge in [0, 0.05) is 7.05 Å². The van der Waals surface area contributed by atoms with E-state index >= 15 is 0 Å². The summed E-state index contributed by atoms with van der Waals surface area (Å²) >= 11 is 3.59. The minimum Gasteiger partial charge on any atom is -0.312 e. The first-order chi connectivity index (χ1) is 8.22. The molecule has 4 heteroatoms. The van der Waals surface area contributed by atoms with Crippen molar-refractivity contribution in [2.24, 2.45) is 13.0 Å². The van der Waals surface area contributed by atoms with Gasteiger partial charge in [-0.3, -0.25) is 4.68 Å². The summed E-state index contributed by atoms with van der Waals surface area (Å²) in [4.78, 5) is 0. The molecule has 0 aliphatic heterocycles. The summed E-state index contributed by atoms with van der Waals surface area (Å²) in [5, 5.41) is 7.71. The van der Waals surface area contributed by atoms with Crippen molar-refractivity contribution in [3.05, 3.63) is 16.4 Å². The molecule has 96 valence electrons. The monoisotopic (exact) mass is 299 g/mol. The Kier molecular flexibility index (Phi) is 4.62. The number of hydrogen-bond acceptors (Lipinski definition) is 2. The maximum Gasteiger partial charge on any atom is 0.0692 e. The number of hydrogen-bond donors (Lipinski definition) is 1. The summed E-state index contributed by atoms with van der Waals surface area (Å²) in [5.74, 6) is 0.956. The fraction of sp³-hybridized carbons (Fsp3) is 0.769. The maximum absolute atomic E-state index is 4.29. The summed E-state index contributed by atoms with van der Waals surface area (Å²) in [5.41, 5.74) is 1.27. The van der Waals surface area contributed by atoms with Gasteiger partial charge < -0.3 is 5.32 Å². The summed E-state index contributed by atoms with van der Waals surface area (Å²) in [6.07, 6.45) is 10.2. The fourth-order valence-electron chi connectivity index (χ4n) is 2.93. The van der Waals surface area contributed by atoms with Gasteiger partial charge in [0.1, 0.15) is 0 Å². The lowest BCUT2D eigenvalue weighted by molar-refractivity contribution is 0.413. The van der Waals surface area contributed by atoms with Gasteiger partial charge in [0.15, 0.2) is 0 Å². The van der Waals surface area contributed by atoms with E-state index in [1.165, 1.54) is 44.2 Å². The van der Waals surface area contributed by atoms with Gasteiger partial charge in [-0.15, -0.1) is 0 Å². The molecule has 1 aliphatic carbocycles. The summed E-state index contributed by atoms with van der Waals surface area (Å²) in [6.45, 7) is 0. The molecule has 17 heavy (non-hydrogen) atoms. The van der Waals surface area contributed by atoms with Crippen LogP contribution in [-0.4, -0.2) is 16.8 Å². The molecule has 0 aromatic carbocycles. The summed E-state index contributed by atoms with van der Waals surface area (Å²) in [6, 6.07) is 0.414. The third kappa shape index (κ3) is 3.10. The maximum atomic E-state index is 4.29.